The van der Waals surface area contributed by atoms with Gasteiger partial charge in [-0.15, -0.1) is 0 Å². The molecule has 0 atom stereocenters. The molecule has 1 radical (unpaired) electrons. The molecule has 0 aromatic carbocycles. The van der Waals surface area contributed by atoms with Crippen molar-refractivity contribution >= 4 is 13.6 Å². The first-order chi connectivity index (χ1) is 7.54. The Balaban J connectivity index is -0.0000000814. The van der Waals surface area contributed by atoms with E-state index in [0.717, 1.165) is 5.69 Å². The van der Waals surface area contributed by atoms with Crippen LogP contribution in [0, 0.1) is 19.8 Å². The fourth-order valence-electron chi connectivity index (χ4n) is 0.465. The van der Waals surface area contributed by atoms with E-state index < -0.39 is 0 Å². The monoisotopic (exact) mass is 325 g/mol. The Labute approximate surface area is 117 Å². The number of aromatic nitrogens is 2. The van der Waals surface area contributed by atoms with Gasteiger partial charge in [0.05, 0.1) is 5.69 Å². The smallest absolute Gasteiger partial charge is 0.545 e. The summed E-state index contributed by atoms with van der Waals surface area (Å²) in [5.41, 5.74) is 2.20. The third-order valence-electron chi connectivity index (χ3n) is 1.17. The molecule has 17 heavy (non-hydrogen) atoms. The molecule has 0 aliphatic heterocycles. The summed E-state index contributed by atoms with van der Waals surface area (Å²) in [6.45, 7) is 16.7. The molecule has 0 aliphatic carbocycles. The molecule has 0 aliphatic rings. The molecular weight excluding hydrogens is 305 g/mol. The van der Waals surface area contributed by atoms with Crippen molar-refractivity contribution in [2.45, 2.75) is 34.6 Å². The maximum absolute atomic E-state index is 7.75. The zero-order valence-electron chi connectivity index (χ0n) is 10.9. The molecule has 0 bridgehead atoms. The Morgan fingerprint density at radius 2 is 1.41 bits per heavy atom. The number of hydrogen-bond acceptors (Lipinski definition) is 4. The van der Waals surface area contributed by atoms with E-state index in [4.69, 9.17) is 9.59 Å². The van der Waals surface area contributed by atoms with Crippen molar-refractivity contribution in [3.05, 3.63) is 29.4 Å². The summed E-state index contributed by atoms with van der Waals surface area (Å²) < 4.78 is 0. The van der Waals surface area contributed by atoms with Crippen LogP contribution in [0.1, 0.15) is 32.0 Å². The van der Waals surface area contributed by atoms with Gasteiger partial charge < -0.3 is 15.5 Å². The third-order valence-corrected chi connectivity index (χ3v) is 1.17. The van der Waals surface area contributed by atoms with E-state index in [1.54, 1.807) is 6.20 Å². The van der Waals surface area contributed by atoms with E-state index in [1.807, 2.05) is 19.9 Å². The van der Waals surface area contributed by atoms with Gasteiger partial charge in [0.2, 0.25) is 0 Å². The first kappa shape index (κ1) is 25.0. The minimum Gasteiger partial charge on any atom is -0.545 e. The number of hydrogen-bond donors (Lipinski definition) is 0. The second kappa shape index (κ2) is 20.5. The van der Waals surface area contributed by atoms with Crippen LogP contribution in [0.4, 0.5) is 0 Å². The van der Waals surface area contributed by atoms with E-state index in [-0.39, 0.29) is 19.5 Å². The third kappa shape index (κ3) is 25.4. The molecular formula is C12H19N2O2Ru. The molecule has 0 saturated carbocycles. The summed E-state index contributed by atoms with van der Waals surface area (Å²) in [4.78, 5) is 15.5. The molecule has 0 amide bonds. The van der Waals surface area contributed by atoms with Gasteiger partial charge in [-0.25, -0.2) is 0 Å². The summed E-state index contributed by atoms with van der Waals surface area (Å²) in [5, 5.41) is 7.52. The first-order valence-electron chi connectivity index (χ1n) is 4.53. The maximum Gasteiger partial charge on any atom is 3.00 e. The SMILES string of the molecule is C[C-](C)C.Cc1ccnnc1C.[CH-]=O.[CH-]=O.[Ru+3]. The molecule has 5 heteroatoms. The quantitative estimate of drug-likeness (QED) is 0.417. The van der Waals surface area contributed by atoms with E-state index in [0.29, 0.717) is 0 Å². The van der Waals surface area contributed by atoms with E-state index in [2.05, 4.69) is 44.5 Å². The zero-order valence-corrected chi connectivity index (χ0v) is 12.6. The Morgan fingerprint density at radius 3 is 1.59 bits per heavy atom. The van der Waals surface area contributed by atoms with E-state index in [1.165, 1.54) is 11.5 Å². The summed E-state index contributed by atoms with van der Waals surface area (Å²) in [6.07, 6.45) is 1.70. The van der Waals surface area contributed by atoms with Gasteiger partial charge in [0, 0.05) is 6.20 Å². The molecule has 97 valence electrons. The summed E-state index contributed by atoms with van der Waals surface area (Å²) >= 11 is 0. The van der Waals surface area contributed by atoms with Crippen LogP contribution < -0.4 is 0 Å². The standard InChI is InChI=1S/C6H8N2.C4H9.2CHO.Ru/c1-5-3-4-7-8-6(5)2;1-4(2)3;2*1-2;/h3-4H,1-2H3;1-3H3;2*1H;/q;3*-1;+3. The van der Waals surface area contributed by atoms with Gasteiger partial charge >= 0.3 is 19.5 Å². The normalized spacial score (nSPS) is 6.94. The van der Waals surface area contributed by atoms with Gasteiger partial charge in [-0.05, 0) is 25.5 Å². The van der Waals surface area contributed by atoms with Crippen LogP contribution >= 0.6 is 0 Å². The van der Waals surface area contributed by atoms with Crippen LogP contribution in [0.25, 0.3) is 0 Å². The second-order valence-corrected chi connectivity index (χ2v) is 3.30. The molecule has 0 N–H and O–H groups in total. The summed E-state index contributed by atoms with van der Waals surface area (Å²) in [6, 6.07) is 1.95. The second-order valence-electron chi connectivity index (χ2n) is 3.30. The van der Waals surface area contributed by atoms with Crippen molar-refractivity contribution in [1.82, 2.24) is 10.2 Å². The predicted octanol–water partition coefficient (Wildman–Crippen LogP) is 2.16. The number of carbonyl (C=O) groups excluding carboxylic acids is 2. The molecule has 4 nitrogen and oxygen atoms in total. The fraction of sp³-hybridized carbons (Fsp3) is 0.417. The minimum absolute atomic E-state index is 0. The topological polar surface area (TPSA) is 59.9 Å². The largest absolute Gasteiger partial charge is 3.00 e. The molecule has 1 aromatic rings. The molecule has 1 aromatic heterocycles. The van der Waals surface area contributed by atoms with Gasteiger partial charge in [0.25, 0.3) is 0 Å². The van der Waals surface area contributed by atoms with Crippen molar-refractivity contribution in [2.24, 2.45) is 0 Å². The summed E-state index contributed by atoms with van der Waals surface area (Å²) in [5.74, 6) is 1.42. The van der Waals surface area contributed by atoms with E-state index >= 15 is 0 Å². The Kier molecular flexibility index (Phi) is 30.1. The zero-order chi connectivity index (χ0) is 13.6. The molecule has 1 heterocycles. The van der Waals surface area contributed by atoms with Crippen molar-refractivity contribution in [3.63, 3.8) is 0 Å². The Hall–Kier alpha value is -0.957. The first-order valence-corrected chi connectivity index (χ1v) is 4.53. The average molecular weight is 324 g/mol. The van der Waals surface area contributed by atoms with Crippen LogP contribution in [-0.2, 0) is 29.1 Å². The molecule has 1 rings (SSSR count). The number of rotatable bonds is 0. The molecule has 0 spiro atoms. The number of aryl methyl sites for hydroxylation is 2. The molecule has 0 fully saturated rings. The average Bonchev–Trinajstić information content (AvgIpc) is 2.27. The van der Waals surface area contributed by atoms with Gasteiger partial charge in [-0.3, -0.25) is 13.6 Å². The van der Waals surface area contributed by atoms with Crippen LogP contribution in [0.5, 0.6) is 0 Å². The van der Waals surface area contributed by atoms with Crippen molar-refractivity contribution < 1.29 is 29.1 Å². The predicted molar refractivity (Wildman–Crippen MR) is 65.3 cm³/mol. The fourth-order valence-corrected chi connectivity index (χ4v) is 0.465. The number of nitrogens with zero attached hydrogens (tertiary/aromatic N) is 2. The van der Waals surface area contributed by atoms with Gasteiger partial charge in [0.1, 0.15) is 0 Å². The van der Waals surface area contributed by atoms with Gasteiger partial charge in [0.15, 0.2) is 0 Å². The van der Waals surface area contributed by atoms with Crippen molar-refractivity contribution in [3.8, 4) is 0 Å². The summed E-state index contributed by atoms with van der Waals surface area (Å²) in [7, 11) is 0. The van der Waals surface area contributed by atoms with Crippen LogP contribution in [0.2, 0.25) is 0 Å². The minimum atomic E-state index is 0. The van der Waals surface area contributed by atoms with E-state index in [9.17, 15) is 0 Å². The molecule has 0 saturated heterocycles. The van der Waals surface area contributed by atoms with Crippen LogP contribution in [0.3, 0.4) is 0 Å². The van der Waals surface area contributed by atoms with Crippen molar-refractivity contribution in [1.29, 1.82) is 0 Å². The van der Waals surface area contributed by atoms with Crippen LogP contribution in [-0.4, -0.2) is 23.8 Å². The molecule has 0 unspecified atom stereocenters. The van der Waals surface area contributed by atoms with Crippen molar-refractivity contribution in [2.75, 3.05) is 0 Å². The van der Waals surface area contributed by atoms with Gasteiger partial charge in [-0.2, -0.15) is 31.0 Å². The Morgan fingerprint density at radius 1 is 1.06 bits per heavy atom. The maximum atomic E-state index is 7.75. The van der Waals surface area contributed by atoms with Gasteiger partial charge in [-0.1, -0.05) is 0 Å². The Bertz CT molecular complexity index is 232. The van der Waals surface area contributed by atoms with Crippen LogP contribution in [0.15, 0.2) is 12.3 Å².